The SMILES string of the molecule is Cl.NC(C(=O)NCC(F)(F)C(F)F)c1ccccc1. The van der Waals surface area contributed by atoms with E-state index in [4.69, 9.17) is 5.73 Å². The number of benzene rings is 1. The van der Waals surface area contributed by atoms with Crippen molar-refractivity contribution < 1.29 is 22.4 Å². The highest BCUT2D eigenvalue weighted by atomic mass is 35.5. The van der Waals surface area contributed by atoms with Gasteiger partial charge in [-0.1, -0.05) is 30.3 Å². The smallest absolute Gasteiger partial charge is 0.324 e. The first-order chi connectivity index (χ1) is 8.34. The molecule has 1 amide bonds. The molecule has 1 atom stereocenters. The maximum Gasteiger partial charge on any atom is 0.324 e. The molecule has 0 saturated carbocycles. The van der Waals surface area contributed by atoms with Crippen LogP contribution in [0.1, 0.15) is 11.6 Å². The normalized spacial score (nSPS) is 12.7. The minimum absolute atomic E-state index is 0. The molecule has 1 aromatic carbocycles. The molecule has 8 heteroatoms. The quantitative estimate of drug-likeness (QED) is 0.819. The van der Waals surface area contributed by atoms with Gasteiger partial charge < -0.3 is 11.1 Å². The van der Waals surface area contributed by atoms with Crippen LogP contribution in [0, 0.1) is 0 Å². The van der Waals surface area contributed by atoms with Crippen LogP contribution in [0.5, 0.6) is 0 Å². The Balaban J connectivity index is 0.00000324. The molecule has 0 heterocycles. The van der Waals surface area contributed by atoms with Crippen LogP contribution >= 0.6 is 12.4 Å². The summed E-state index contributed by atoms with van der Waals surface area (Å²) in [6.07, 6.45) is -3.83. The molecule has 0 aliphatic heterocycles. The summed E-state index contributed by atoms with van der Waals surface area (Å²) in [7, 11) is 0. The summed E-state index contributed by atoms with van der Waals surface area (Å²) in [5, 5.41) is 1.71. The maximum atomic E-state index is 12.6. The van der Waals surface area contributed by atoms with Crippen LogP contribution in [0.25, 0.3) is 0 Å². The molecule has 108 valence electrons. The monoisotopic (exact) mass is 300 g/mol. The Labute approximate surface area is 113 Å². The first-order valence-corrected chi connectivity index (χ1v) is 5.09. The molecule has 1 rings (SSSR count). The van der Waals surface area contributed by atoms with E-state index in [0.29, 0.717) is 5.56 Å². The van der Waals surface area contributed by atoms with Gasteiger partial charge in [-0.2, -0.15) is 8.78 Å². The summed E-state index contributed by atoms with van der Waals surface area (Å²) in [4.78, 5) is 11.4. The Morgan fingerprint density at radius 3 is 2.26 bits per heavy atom. The minimum Gasteiger partial charge on any atom is -0.348 e. The van der Waals surface area contributed by atoms with E-state index in [1.54, 1.807) is 23.5 Å². The molecule has 0 radical (unpaired) electrons. The van der Waals surface area contributed by atoms with E-state index < -0.39 is 30.8 Å². The molecule has 0 aliphatic carbocycles. The first-order valence-electron chi connectivity index (χ1n) is 5.09. The third kappa shape index (κ3) is 5.04. The summed E-state index contributed by atoms with van der Waals surface area (Å²) in [6, 6.07) is 6.84. The van der Waals surface area contributed by atoms with Crippen molar-refractivity contribution in [2.75, 3.05) is 6.54 Å². The minimum atomic E-state index is -4.26. The molecular formula is C11H13ClF4N2O. The standard InChI is InChI=1S/C11H12F4N2O.ClH/c12-10(13)11(14,15)6-17-9(18)8(16)7-4-2-1-3-5-7;/h1-5,8,10H,6,16H2,(H,17,18);1H. The Morgan fingerprint density at radius 1 is 1.26 bits per heavy atom. The number of hydrogen-bond acceptors (Lipinski definition) is 2. The zero-order valence-corrected chi connectivity index (χ0v) is 10.5. The van der Waals surface area contributed by atoms with Gasteiger partial charge in [0.1, 0.15) is 6.04 Å². The van der Waals surface area contributed by atoms with Crippen molar-refractivity contribution in [3.63, 3.8) is 0 Å². The molecule has 19 heavy (non-hydrogen) atoms. The van der Waals surface area contributed by atoms with Gasteiger partial charge in [0.15, 0.2) is 0 Å². The average Bonchev–Trinajstić information content (AvgIpc) is 2.36. The summed E-state index contributed by atoms with van der Waals surface area (Å²) in [5.74, 6) is -5.19. The predicted octanol–water partition coefficient (Wildman–Crippen LogP) is 2.12. The molecule has 3 N–H and O–H groups in total. The lowest BCUT2D eigenvalue weighted by Gasteiger charge is -2.18. The molecule has 1 aromatic rings. The predicted molar refractivity (Wildman–Crippen MR) is 64.6 cm³/mol. The molecule has 0 fully saturated rings. The molecule has 0 aliphatic rings. The lowest BCUT2D eigenvalue weighted by atomic mass is 10.1. The lowest BCUT2D eigenvalue weighted by molar-refractivity contribution is -0.137. The van der Waals surface area contributed by atoms with Gasteiger partial charge in [0, 0.05) is 0 Å². The van der Waals surface area contributed by atoms with Gasteiger partial charge in [-0.25, -0.2) is 8.78 Å². The second-order valence-corrected chi connectivity index (χ2v) is 3.67. The van der Waals surface area contributed by atoms with Gasteiger partial charge in [0.25, 0.3) is 0 Å². The molecular weight excluding hydrogens is 288 g/mol. The summed E-state index contributed by atoms with van der Waals surface area (Å²) in [6.45, 7) is -1.44. The largest absolute Gasteiger partial charge is 0.348 e. The summed E-state index contributed by atoms with van der Waals surface area (Å²) < 4.78 is 48.8. The summed E-state index contributed by atoms with van der Waals surface area (Å²) >= 11 is 0. The van der Waals surface area contributed by atoms with E-state index in [-0.39, 0.29) is 12.4 Å². The Hall–Kier alpha value is -1.34. The van der Waals surface area contributed by atoms with Crippen LogP contribution in [0.3, 0.4) is 0 Å². The van der Waals surface area contributed by atoms with Gasteiger partial charge in [-0.3, -0.25) is 4.79 Å². The van der Waals surface area contributed by atoms with Crippen molar-refractivity contribution in [2.45, 2.75) is 18.4 Å². The highest BCUT2D eigenvalue weighted by molar-refractivity contribution is 5.85. The van der Waals surface area contributed by atoms with Crippen LogP contribution in [0.4, 0.5) is 17.6 Å². The first kappa shape index (κ1) is 17.7. The van der Waals surface area contributed by atoms with Gasteiger partial charge in [-0.05, 0) is 5.56 Å². The van der Waals surface area contributed by atoms with Gasteiger partial charge in [0.2, 0.25) is 5.91 Å². The number of carbonyl (C=O) groups excluding carboxylic acids is 1. The Morgan fingerprint density at radius 2 is 1.79 bits per heavy atom. The van der Waals surface area contributed by atoms with E-state index >= 15 is 0 Å². The van der Waals surface area contributed by atoms with Crippen molar-refractivity contribution in [3.05, 3.63) is 35.9 Å². The van der Waals surface area contributed by atoms with Crippen molar-refractivity contribution in [1.29, 1.82) is 0 Å². The molecule has 0 bridgehead atoms. The number of rotatable bonds is 5. The fraction of sp³-hybridized carbons (Fsp3) is 0.364. The molecule has 1 unspecified atom stereocenters. The van der Waals surface area contributed by atoms with Crippen LogP contribution < -0.4 is 11.1 Å². The third-order valence-electron chi connectivity index (χ3n) is 2.26. The van der Waals surface area contributed by atoms with Crippen LogP contribution in [0.15, 0.2) is 30.3 Å². The van der Waals surface area contributed by atoms with Crippen molar-refractivity contribution in [2.24, 2.45) is 5.73 Å². The van der Waals surface area contributed by atoms with Gasteiger partial charge >= 0.3 is 12.3 Å². The van der Waals surface area contributed by atoms with Crippen LogP contribution in [-0.4, -0.2) is 24.8 Å². The fourth-order valence-corrected chi connectivity index (χ4v) is 1.20. The molecule has 0 saturated heterocycles. The number of amides is 1. The van der Waals surface area contributed by atoms with E-state index in [2.05, 4.69) is 0 Å². The topological polar surface area (TPSA) is 55.1 Å². The average molecular weight is 301 g/mol. The highest BCUT2D eigenvalue weighted by Gasteiger charge is 2.41. The second kappa shape index (κ2) is 7.30. The van der Waals surface area contributed by atoms with Crippen molar-refractivity contribution in [3.8, 4) is 0 Å². The number of hydrogen-bond donors (Lipinski definition) is 2. The number of alkyl halides is 4. The maximum absolute atomic E-state index is 12.6. The molecule has 0 spiro atoms. The zero-order chi connectivity index (χ0) is 13.8. The number of carbonyl (C=O) groups is 1. The number of nitrogens with two attached hydrogens (primary N) is 1. The van der Waals surface area contributed by atoms with Crippen LogP contribution in [0.2, 0.25) is 0 Å². The van der Waals surface area contributed by atoms with E-state index in [1.165, 1.54) is 12.1 Å². The lowest BCUT2D eigenvalue weighted by Crippen LogP contribution is -2.44. The number of halogens is 5. The van der Waals surface area contributed by atoms with Gasteiger partial charge in [0.05, 0.1) is 6.54 Å². The number of nitrogens with one attached hydrogen (secondary N) is 1. The van der Waals surface area contributed by atoms with E-state index in [0.717, 1.165) is 0 Å². The molecule has 0 aromatic heterocycles. The highest BCUT2D eigenvalue weighted by Crippen LogP contribution is 2.21. The second-order valence-electron chi connectivity index (χ2n) is 3.67. The Kier molecular flexibility index (Phi) is 6.78. The van der Waals surface area contributed by atoms with E-state index in [1.807, 2.05) is 0 Å². The van der Waals surface area contributed by atoms with Gasteiger partial charge in [-0.15, -0.1) is 12.4 Å². The fourth-order valence-electron chi connectivity index (χ4n) is 1.20. The van der Waals surface area contributed by atoms with Crippen molar-refractivity contribution in [1.82, 2.24) is 5.32 Å². The third-order valence-corrected chi connectivity index (χ3v) is 2.26. The van der Waals surface area contributed by atoms with Crippen molar-refractivity contribution >= 4 is 18.3 Å². The zero-order valence-electron chi connectivity index (χ0n) is 9.65. The Bertz CT molecular complexity index is 403. The van der Waals surface area contributed by atoms with Crippen LogP contribution in [-0.2, 0) is 4.79 Å². The molecule has 3 nitrogen and oxygen atoms in total. The van der Waals surface area contributed by atoms with E-state index in [9.17, 15) is 22.4 Å². The summed E-state index contributed by atoms with van der Waals surface area (Å²) in [5.41, 5.74) is 5.91.